The van der Waals surface area contributed by atoms with Crippen molar-refractivity contribution in [1.29, 1.82) is 0 Å². The fourth-order valence-corrected chi connectivity index (χ4v) is 1.99. The topological polar surface area (TPSA) is 86.9 Å². The fraction of sp³-hybridized carbons (Fsp3) is 0.375. The molecule has 2 rings (SSSR count). The zero-order valence-corrected chi connectivity index (χ0v) is 8.63. The molecule has 0 aromatic carbocycles. The molecule has 2 amide bonds. The van der Waals surface area contributed by atoms with Crippen molar-refractivity contribution in [2.24, 2.45) is 0 Å². The number of imidazole rings is 1. The third-order valence-corrected chi connectivity index (χ3v) is 2.85. The van der Waals surface area contributed by atoms with Gasteiger partial charge in [-0.25, -0.2) is 4.98 Å². The minimum Gasteiger partial charge on any atom is -0.347 e. The number of hydrogen-bond acceptors (Lipinski definition) is 4. The van der Waals surface area contributed by atoms with Gasteiger partial charge in [-0.1, -0.05) is 11.8 Å². The summed E-state index contributed by atoms with van der Waals surface area (Å²) in [7, 11) is 0. The van der Waals surface area contributed by atoms with Crippen LogP contribution in [0.25, 0.3) is 0 Å². The molecule has 0 aliphatic carbocycles. The quantitative estimate of drug-likeness (QED) is 0.669. The summed E-state index contributed by atoms with van der Waals surface area (Å²) in [6.07, 6.45) is 3.31. The predicted molar refractivity (Wildman–Crippen MR) is 55.2 cm³/mol. The molecule has 1 atom stereocenters. The zero-order chi connectivity index (χ0) is 10.7. The number of nitrogens with zero attached hydrogens (tertiary/aromatic N) is 1. The standard InChI is InChI=1S/C8H10N4O2S/c13-7(5-4-15-8(14)12-5)11-3-6-9-1-2-10-6/h1-2,5H,3-4H2,(H,9,10)(H,11,13)(H,12,14). The molecule has 1 fully saturated rings. The Balaban J connectivity index is 1.80. The Bertz CT molecular complexity index is 365. The summed E-state index contributed by atoms with van der Waals surface area (Å²) >= 11 is 1.12. The first-order chi connectivity index (χ1) is 7.25. The van der Waals surface area contributed by atoms with Crippen LogP contribution in [0.4, 0.5) is 4.79 Å². The fourth-order valence-electron chi connectivity index (χ4n) is 1.21. The lowest BCUT2D eigenvalue weighted by molar-refractivity contribution is -0.122. The smallest absolute Gasteiger partial charge is 0.279 e. The van der Waals surface area contributed by atoms with Gasteiger partial charge < -0.3 is 15.6 Å². The summed E-state index contributed by atoms with van der Waals surface area (Å²) in [5.41, 5.74) is 0. The summed E-state index contributed by atoms with van der Waals surface area (Å²) in [6, 6.07) is -0.419. The van der Waals surface area contributed by atoms with Crippen molar-refractivity contribution in [3.8, 4) is 0 Å². The van der Waals surface area contributed by atoms with E-state index in [0.717, 1.165) is 11.8 Å². The second kappa shape index (κ2) is 4.35. The number of amides is 2. The molecule has 6 nitrogen and oxygen atoms in total. The van der Waals surface area contributed by atoms with Gasteiger partial charge in [-0.15, -0.1) is 0 Å². The van der Waals surface area contributed by atoms with Gasteiger partial charge in [0, 0.05) is 18.1 Å². The van der Waals surface area contributed by atoms with Crippen LogP contribution in [0.5, 0.6) is 0 Å². The minimum absolute atomic E-state index is 0.145. The minimum atomic E-state index is -0.419. The molecule has 0 radical (unpaired) electrons. The molecule has 3 N–H and O–H groups in total. The Kier molecular flexibility index (Phi) is 2.91. The van der Waals surface area contributed by atoms with Gasteiger partial charge in [-0.05, 0) is 0 Å². The highest BCUT2D eigenvalue weighted by molar-refractivity contribution is 8.14. The maximum atomic E-state index is 11.5. The maximum Gasteiger partial charge on any atom is 0.279 e. The number of carbonyl (C=O) groups excluding carboxylic acids is 2. The van der Waals surface area contributed by atoms with Gasteiger partial charge in [-0.2, -0.15) is 0 Å². The molecule has 80 valence electrons. The molecular weight excluding hydrogens is 216 g/mol. The molecule has 0 saturated carbocycles. The molecule has 7 heteroatoms. The second-order valence-electron chi connectivity index (χ2n) is 3.05. The first-order valence-corrected chi connectivity index (χ1v) is 5.43. The van der Waals surface area contributed by atoms with Gasteiger partial charge in [0.25, 0.3) is 5.24 Å². The van der Waals surface area contributed by atoms with E-state index in [1.807, 2.05) is 0 Å². The lowest BCUT2D eigenvalue weighted by Crippen LogP contribution is -2.42. The SMILES string of the molecule is O=C1NC(C(=O)NCc2ncc[nH]2)CS1. The molecule has 2 heterocycles. The number of aromatic amines is 1. The number of hydrogen-bond donors (Lipinski definition) is 3. The van der Waals surface area contributed by atoms with Crippen molar-refractivity contribution in [3.63, 3.8) is 0 Å². The normalized spacial score (nSPS) is 20.0. The van der Waals surface area contributed by atoms with E-state index in [0.29, 0.717) is 18.1 Å². The molecule has 1 aromatic rings. The van der Waals surface area contributed by atoms with E-state index in [1.165, 1.54) is 0 Å². The Hall–Kier alpha value is -1.50. The summed E-state index contributed by atoms with van der Waals surface area (Å²) in [6.45, 7) is 0.350. The first-order valence-electron chi connectivity index (χ1n) is 4.45. The van der Waals surface area contributed by atoms with Gasteiger partial charge in [0.15, 0.2) is 0 Å². The van der Waals surface area contributed by atoms with Crippen LogP contribution in [-0.4, -0.2) is 32.9 Å². The van der Waals surface area contributed by atoms with E-state index < -0.39 is 6.04 Å². The summed E-state index contributed by atoms with van der Waals surface area (Å²) in [4.78, 5) is 29.2. The van der Waals surface area contributed by atoms with Gasteiger partial charge in [0.05, 0.1) is 6.54 Å². The average Bonchev–Trinajstić information content (AvgIpc) is 2.84. The highest BCUT2D eigenvalue weighted by atomic mass is 32.2. The Morgan fingerprint density at radius 3 is 3.20 bits per heavy atom. The molecule has 1 aliphatic heterocycles. The molecule has 1 unspecified atom stereocenters. The highest BCUT2D eigenvalue weighted by Crippen LogP contribution is 2.12. The van der Waals surface area contributed by atoms with Gasteiger partial charge in [0.2, 0.25) is 5.91 Å². The van der Waals surface area contributed by atoms with Crippen molar-refractivity contribution < 1.29 is 9.59 Å². The summed E-state index contributed by atoms with van der Waals surface area (Å²) in [5, 5.41) is 5.11. The van der Waals surface area contributed by atoms with Crippen LogP contribution in [-0.2, 0) is 11.3 Å². The lowest BCUT2D eigenvalue weighted by Gasteiger charge is -2.08. The average molecular weight is 226 g/mol. The highest BCUT2D eigenvalue weighted by Gasteiger charge is 2.27. The number of rotatable bonds is 3. The van der Waals surface area contributed by atoms with Gasteiger partial charge >= 0.3 is 0 Å². The number of carbonyl (C=O) groups is 2. The second-order valence-corrected chi connectivity index (χ2v) is 4.04. The monoisotopic (exact) mass is 226 g/mol. The van der Waals surface area contributed by atoms with Crippen molar-refractivity contribution >= 4 is 22.9 Å². The van der Waals surface area contributed by atoms with Crippen molar-refractivity contribution in [1.82, 2.24) is 20.6 Å². The van der Waals surface area contributed by atoms with E-state index in [9.17, 15) is 9.59 Å². The van der Waals surface area contributed by atoms with E-state index in [4.69, 9.17) is 0 Å². The largest absolute Gasteiger partial charge is 0.347 e. The van der Waals surface area contributed by atoms with Crippen LogP contribution in [0, 0.1) is 0 Å². The summed E-state index contributed by atoms with van der Waals surface area (Å²) < 4.78 is 0. The molecule has 1 saturated heterocycles. The van der Waals surface area contributed by atoms with E-state index in [1.54, 1.807) is 12.4 Å². The van der Waals surface area contributed by atoms with Crippen molar-refractivity contribution in [2.45, 2.75) is 12.6 Å². The summed E-state index contributed by atoms with van der Waals surface area (Å²) in [5.74, 6) is 1.01. The molecule has 1 aromatic heterocycles. The Labute approximate surface area is 90.2 Å². The Morgan fingerprint density at radius 2 is 2.60 bits per heavy atom. The molecular formula is C8H10N4O2S. The first kappa shape index (κ1) is 10.0. The molecule has 15 heavy (non-hydrogen) atoms. The van der Waals surface area contributed by atoms with E-state index in [2.05, 4.69) is 20.6 Å². The van der Waals surface area contributed by atoms with E-state index >= 15 is 0 Å². The van der Waals surface area contributed by atoms with Crippen LogP contribution < -0.4 is 10.6 Å². The van der Waals surface area contributed by atoms with Crippen LogP contribution >= 0.6 is 11.8 Å². The predicted octanol–water partition coefficient (Wildman–Crippen LogP) is -0.149. The third-order valence-electron chi connectivity index (χ3n) is 1.97. The van der Waals surface area contributed by atoms with Crippen LogP contribution in [0.3, 0.4) is 0 Å². The molecule has 0 bridgehead atoms. The third kappa shape index (κ3) is 2.50. The van der Waals surface area contributed by atoms with Gasteiger partial charge in [0.1, 0.15) is 11.9 Å². The lowest BCUT2D eigenvalue weighted by atomic mass is 10.3. The van der Waals surface area contributed by atoms with Crippen LogP contribution in [0.15, 0.2) is 12.4 Å². The van der Waals surface area contributed by atoms with Crippen molar-refractivity contribution in [2.75, 3.05) is 5.75 Å². The van der Waals surface area contributed by atoms with Crippen LogP contribution in [0.1, 0.15) is 5.82 Å². The number of H-pyrrole nitrogens is 1. The van der Waals surface area contributed by atoms with E-state index in [-0.39, 0.29) is 11.1 Å². The Morgan fingerprint density at radius 1 is 1.73 bits per heavy atom. The number of nitrogens with one attached hydrogen (secondary N) is 3. The molecule has 1 aliphatic rings. The van der Waals surface area contributed by atoms with Gasteiger partial charge in [-0.3, -0.25) is 9.59 Å². The number of thioether (sulfide) groups is 1. The van der Waals surface area contributed by atoms with Crippen molar-refractivity contribution in [3.05, 3.63) is 18.2 Å². The zero-order valence-electron chi connectivity index (χ0n) is 7.82. The number of aromatic nitrogens is 2. The maximum absolute atomic E-state index is 11.5. The molecule has 0 spiro atoms. The van der Waals surface area contributed by atoms with Crippen LogP contribution in [0.2, 0.25) is 0 Å².